The number of hydrazine groups is 1. The van der Waals surface area contributed by atoms with Crippen molar-refractivity contribution in [3.05, 3.63) is 129 Å². The van der Waals surface area contributed by atoms with E-state index in [4.69, 9.17) is 27.9 Å². The van der Waals surface area contributed by atoms with Crippen molar-refractivity contribution >= 4 is 58.2 Å². The molecule has 300 valence electrons. The van der Waals surface area contributed by atoms with Crippen molar-refractivity contribution in [3.63, 3.8) is 0 Å². The predicted octanol–water partition coefficient (Wildman–Crippen LogP) is 8.93. The van der Waals surface area contributed by atoms with Gasteiger partial charge in [-0.15, -0.1) is 0 Å². The number of rotatable bonds is 6. The van der Waals surface area contributed by atoms with Crippen molar-refractivity contribution in [3.8, 4) is 11.5 Å². The Morgan fingerprint density at radius 3 is 2.07 bits per heavy atom. The van der Waals surface area contributed by atoms with Gasteiger partial charge in [-0.25, -0.2) is 4.90 Å². The van der Waals surface area contributed by atoms with Crippen molar-refractivity contribution in [2.24, 2.45) is 23.7 Å². The van der Waals surface area contributed by atoms with E-state index >= 15 is 4.79 Å². The highest BCUT2D eigenvalue weighted by Gasteiger charge is 2.70. The van der Waals surface area contributed by atoms with E-state index in [-0.39, 0.29) is 46.0 Å². The van der Waals surface area contributed by atoms with Crippen LogP contribution in [0.15, 0.2) is 96.6 Å². The van der Waals surface area contributed by atoms with Crippen molar-refractivity contribution < 1.29 is 55.4 Å². The van der Waals surface area contributed by atoms with Crippen LogP contribution >= 0.6 is 23.2 Å². The standard InChI is InChI=1S/C41H29Cl2F6N3O6/c1-58-24-9-6-19(7-10-24)39-29(36(55)52(38(39)57)50-31-13-8-22(42)17-30(31)43)18-28-25(34(39)26-4-2-3-5-32(26)53)11-12-27-33(28)37(56)51(35(27)54)23-15-20(40(44,45)46)14-21(16-23)41(47,48)49/h2-11,13-17,27-29,33-34,50,53H,12,18H2,1H3/t27-,28+,29-,33-,34+,39+/m0/s1. The molecule has 4 amide bonds. The summed E-state index contributed by atoms with van der Waals surface area (Å²) in [7, 11) is 1.44. The molecule has 58 heavy (non-hydrogen) atoms. The molecule has 2 aliphatic heterocycles. The summed E-state index contributed by atoms with van der Waals surface area (Å²) in [5, 5.41) is 12.6. The number of aromatic hydroxyl groups is 1. The van der Waals surface area contributed by atoms with Crippen LogP contribution < -0.4 is 15.1 Å². The number of fused-ring (bicyclic) bond motifs is 4. The Balaban J connectivity index is 1.31. The van der Waals surface area contributed by atoms with Gasteiger partial charge in [-0.3, -0.25) is 24.6 Å². The molecule has 2 saturated heterocycles. The van der Waals surface area contributed by atoms with Crippen LogP contribution in [0, 0.1) is 23.7 Å². The molecule has 0 aromatic heterocycles. The zero-order valence-electron chi connectivity index (χ0n) is 29.9. The molecule has 0 unspecified atom stereocenters. The van der Waals surface area contributed by atoms with Gasteiger partial charge in [-0.1, -0.05) is 65.2 Å². The average molecular weight is 845 g/mol. The average Bonchev–Trinajstić information content (AvgIpc) is 3.56. The fourth-order valence-electron chi connectivity index (χ4n) is 9.24. The van der Waals surface area contributed by atoms with Gasteiger partial charge in [0.15, 0.2) is 0 Å². The summed E-state index contributed by atoms with van der Waals surface area (Å²) in [5.74, 6) is -9.63. The monoisotopic (exact) mass is 843 g/mol. The fraction of sp³-hybridized carbons (Fsp3) is 0.268. The number of nitrogens with one attached hydrogen (secondary N) is 1. The van der Waals surface area contributed by atoms with E-state index in [9.17, 15) is 45.8 Å². The van der Waals surface area contributed by atoms with Crippen LogP contribution in [0.4, 0.5) is 37.7 Å². The number of methoxy groups -OCH3 is 1. The van der Waals surface area contributed by atoms with E-state index in [1.165, 1.54) is 31.4 Å². The summed E-state index contributed by atoms with van der Waals surface area (Å²) in [5.41, 5.74) is -2.30. The van der Waals surface area contributed by atoms with Gasteiger partial charge in [-0.2, -0.15) is 31.4 Å². The molecule has 2 heterocycles. The largest absolute Gasteiger partial charge is 0.508 e. The molecule has 8 rings (SSSR count). The minimum absolute atomic E-state index is 0.0661. The highest BCUT2D eigenvalue weighted by atomic mass is 35.5. The van der Waals surface area contributed by atoms with E-state index in [1.54, 1.807) is 48.5 Å². The smallest absolute Gasteiger partial charge is 0.416 e. The Labute approximate surface area is 335 Å². The minimum atomic E-state index is -5.26. The highest BCUT2D eigenvalue weighted by Crippen LogP contribution is 2.65. The first-order chi connectivity index (χ1) is 27.4. The van der Waals surface area contributed by atoms with Gasteiger partial charge in [0.1, 0.15) is 11.5 Å². The summed E-state index contributed by atoms with van der Waals surface area (Å²) >= 11 is 12.6. The van der Waals surface area contributed by atoms with Gasteiger partial charge in [0.2, 0.25) is 11.8 Å². The zero-order valence-corrected chi connectivity index (χ0v) is 31.4. The third-order valence-corrected chi connectivity index (χ3v) is 12.2. The van der Waals surface area contributed by atoms with Gasteiger partial charge in [0.25, 0.3) is 11.8 Å². The summed E-state index contributed by atoms with van der Waals surface area (Å²) in [6.45, 7) is 0. The van der Waals surface area contributed by atoms with Crippen LogP contribution in [0.25, 0.3) is 0 Å². The number of hydrogen-bond donors (Lipinski definition) is 2. The number of allylic oxidation sites excluding steroid dienone is 2. The molecular weight excluding hydrogens is 815 g/mol. The number of anilines is 2. The normalized spacial score (nSPS) is 25.7. The number of carbonyl (C=O) groups is 4. The second kappa shape index (κ2) is 13.8. The predicted molar refractivity (Wildman–Crippen MR) is 198 cm³/mol. The van der Waals surface area contributed by atoms with Crippen LogP contribution in [0.1, 0.15) is 41.0 Å². The number of amides is 4. The lowest BCUT2D eigenvalue weighted by atomic mass is 9.49. The SMILES string of the molecule is COc1ccc([C@@]23C(=O)N(Nc4ccc(Cl)cc4Cl)C(=O)[C@@H]2C[C@@H]2C(=CC[C@@H]4C(=O)N(c5cc(C(F)(F)F)cc(C(F)(F)F)c5)C(=O)[C@@H]42)[C@@H]3c2ccccc2O)cc1. The topological polar surface area (TPSA) is 116 Å². The number of hydrogen-bond acceptors (Lipinski definition) is 7. The number of halogens is 8. The number of para-hydroxylation sites is 1. The highest BCUT2D eigenvalue weighted by molar-refractivity contribution is 6.36. The van der Waals surface area contributed by atoms with Crippen molar-refractivity contribution in [1.82, 2.24) is 5.01 Å². The first kappa shape index (κ1) is 39.3. The third-order valence-electron chi connectivity index (χ3n) is 11.7. The van der Waals surface area contributed by atoms with Crippen molar-refractivity contribution in [1.29, 1.82) is 0 Å². The maximum atomic E-state index is 15.3. The first-order valence-corrected chi connectivity index (χ1v) is 18.5. The lowest BCUT2D eigenvalue weighted by Crippen LogP contribution is -2.53. The number of carbonyl (C=O) groups excluding carboxylic acids is 4. The molecule has 3 fully saturated rings. The van der Waals surface area contributed by atoms with Gasteiger partial charge >= 0.3 is 12.4 Å². The van der Waals surface area contributed by atoms with Gasteiger partial charge in [0.05, 0.1) is 57.8 Å². The number of phenolic OH excluding ortho intramolecular Hbond substituents is 1. The van der Waals surface area contributed by atoms with Crippen molar-refractivity contribution in [2.45, 2.75) is 36.5 Å². The lowest BCUT2D eigenvalue weighted by Gasteiger charge is -2.50. The summed E-state index contributed by atoms with van der Waals surface area (Å²) in [6, 6.07) is 17.3. The first-order valence-electron chi connectivity index (χ1n) is 17.8. The Kier molecular flexibility index (Phi) is 9.35. The number of alkyl halides is 6. The van der Waals surface area contributed by atoms with E-state index in [0.717, 1.165) is 5.01 Å². The fourth-order valence-corrected chi connectivity index (χ4v) is 9.69. The van der Waals surface area contributed by atoms with Gasteiger partial charge in [-0.05, 0) is 78.9 Å². The van der Waals surface area contributed by atoms with Crippen LogP contribution in [-0.4, -0.2) is 40.9 Å². The van der Waals surface area contributed by atoms with E-state index in [0.29, 0.717) is 33.9 Å². The molecule has 0 spiro atoms. The Morgan fingerprint density at radius 1 is 0.810 bits per heavy atom. The summed E-state index contributed by atoms with van der Waals surface area (Å²) in [6.07, 6.45) is -9.35. The Morgan fingerprint density at radius 2 is 1.47 bits per heavy atom. The second-order valence-corrected chi connectivity index (χ2v) is 15.4. The molecule has 4 aliphatic rings. The summed E-state index contributed by atoms with van der Waals surface area (Å²) < 4.78 is 88.9. The van der Waals surface area contributed by atoms with Gasteiger partial charge in [0, 0.05) is 16.5 Å². The van der Waals surface area contributed by atoms with Crippen LogP contribution in [0.3, 0.4) is 0 Å². The van der Waals surface area contributed by atoms with Crippen LogP contribution in [0.5, 0.6) is 11.5 Å². The maximum absolute atomic E-state index is 15.3. The molecule has 0 bridgehead atoms. The van der Waals surface area contributed by atoms with Crippen molar-refractivity contribution in [2.75, 3.05) is 17.4 Å². The zero-order chi connectivity index (χ0) is 41.6. The molecule has 2 N–H and O–H groups in total. The van der Waals surface area contributed by atoms with E-state index in [1.807, 2.05) is 0 Å². The van der Waals surface area contributed by atoms with E-state index in [2.05, 4.69) is 5.43 Å². The number of imide groups is 2. The molecular formula is C41H29Cl2F6N3O6. The molecule has 1 saturated carbocycles. The minimum Gasteiger partial charge on any atom is -0.508 e. The molecule has 0 radical (unpaired) electrons. The molecule has 4 aromatic carbocycles. The van der Waals surface area contributed by atoms with Gasteiger partial charge < -0.3 is 9.84 Å². The molecule has 2 aliphatic carbocycles. The molecule has 6 atom stereocenters. The van der Waals surface area contributed by atoms with Crippen LogP contribution in [0.2, 0.25) is 10.0 Å². The third kappa shape index (κ3) is 6.00. The molecule has 17 heteroatoms. The van der Waals surface area contributed by atoms with E-state index < -0.39 is 87.8 Å². The quantitative estimate of drug-likeness (QED) is 0.113. The molecule has 9 nitrogen and oxygen atoms in total. The number of nitrogens with zero attached hydrogens (tertiary/aromatic N) is 2. The maximum Gasteiger partial charge on any atom is 0.416 e. The number of ether oxygens (including phenoxy) is 1. The van der Waals surface area contributed by atoms with Crippen LogP contribution in [-0.2, 0) is 36.9 Å². The molecule has 4 aromatic rings. The number of phenols is 1. The number of benzene rings is 4. The second-order valence-electron chi connectivity index (χ2n) is 14.5. The Bertz CT molecular complexity index is 2410. The Hall–Kier alpha value is -5.54. The summed E-state index contributed by atoms with van der Waals surface area (Å²) in [4.78, 5) is 59.1. The lowest BCUT2D eigenvalue weighted by molar-refractivity contribution is -0.143.